The summed E-state index contributed by atoms with van der Waals surface area (Å²) < 4.78 is 6.02. The van der Waals surface area contributed by atoms with Crippen LogP contribution >= 0.6 is 0 Å². The van der Waals surface area contributed by atoms with E-state index < -0.39 is 5.97 Å². The molecule has 0 amide bonds. The number of carbonyl (C=O) groups is 1. The van der Waals surface area contributed by atoms with E-state index >= 15 is 0 Å². The van der Waals surface area contributed by atoms with Gasteiger partial charge in [-0.3, -0.25) is 0 Å². The van der Waals surface area contributed by atoms with Gasteiger partial charge in [0, 0.05) is 0 Å². The summed E-state index contributed by atoms with van der Waals surface area (Å²) in [6.07, 6.45) is 11.7. The van der Waals surface area contributed by atoms with Gasteiger partial charge < -0.3 is 9.84 Å². The van der Waals surface area contributed by atoms with Crippen molar-refractivity contribution in [2.24, 2.45) is 0 Å². The van der Waals surface area contributed by atoms with Crippen LogP contribution in [0, 0.1) is 0 Å². The SMILES string of the molecule is CC(C)=CCC/C(C)=C/CC/C(C)=C/Cc1cc(C(=O)O)ccc1OCc1ccccc1. The van der Waals surface area contributed by atoms with E-state index in [1.54, 1.807) is 18.2 Å². The highest BCUT2D eigenvalue weighted by atomic mass is 16.5. The van der Waals surface area contributed by atoms with Crippen molar-refractivity contribution >= 4 is 5.97 Å². The predicted octanol–water partition coefficient (Wildman–Crippen LogP) is 7.93. The quantitative estimate of drug-likeness (QED) is 0.346. The van der Waals surface area contributed by atoms with Crippen molar-refractivity contribution in [2.75, 3.05) is 0 Å². The van der Waals surface area contributed by atoms with Gasteiger partial charge >= 0.3 is 5.97 Å². The molecule has 2 rings (SSSR count). The van der Waals surface area contributed by atoms with E-state index in [4.69, 9.17) is 4.74 Å². The highest BCUT2D eigenvalue weighted by molar-refractivity contribution is 5.88. The molecule has 0 aliphatic heterocycles. The molecule has 2 aromatic rings. The van der Waals surface area contributed by atoms with Crippen LogP contribution in [0.3, 0.4) is 0 Å². The Morgan fingerprint density at radius 1 is 0.875 bits per heavy atom. The average molecular weight is 433 g/mol. The Hall–Kier alpha value is -3.07. The molecule has 170 valence electrons. The normalized spacial score (nSPS) is 11.9. The van der Waals surface area contributed by atoms with Crippen LogP contribution in [-0.2, 0) is 13.0 Å². The summed E-state index contributed by atoms with van der Waals surface area (Å²) in [4.78, 5) is 11.4. The number of aromatic carboxylic acids is 1. The number of carboxylic acids is 1. The molecule has 0 aliphatic carbocycles. The average Bonchev–Trinajstić information content (AvgIpc) is 2.77. The van der Waals surface area contributed by atoms with Gasteiger partial charge in [-0.05, 0) is 89.1 Å². The lowest BCUT2D eigenvalue weighted by Crippen LogP contribution is -2.02. The fourth-order valence-corrected chi connectivity index (χ4v) is 3.37. The van der Waals surface area contributed by atoms with Crippen LogP contribution in [0.1, 0.15) is 74.9 Å². The maximum Gasteiger partial charge on any atom is 0.335 e. The molecule has 0 radical (unpaired) electrons. The fourth-order valence-electron chi connectivity index (χ4n) is 3.37. The third-order valence-electron chi connectivity index (χ3n) is 5.34. The maximum atomic E-state index is 11.4. The van der Waals surface area contributed by atoms with Crippen LogP contribution < -0.4 is 4.74 Å². The monoisotopic (exact) mass is 432 g/mol. The minimum absolute atomic E-state index is 0.285. The van der Waals surface area contributed by atoms with Crippen molar-refractivity contribution in [3.8, 4) is 5.75 Å². The van der Waals surface area contributed by atoms with Gasteiger partial charge in [0.25, 0.3) is 0 Å². The zero-order valence-corrected chi connectivity index (χ0v) is 19.9. The van der Waals surface area contributed by atoms with Crippen molar-refractivity contribution < 1.29 is 14.6 Å². The second kappa shape index (κ2) is 13.4. The largest absolute Gasteiger partial charge is 0.489 e. The number of ether oxygens (including phenoxy) is 1. The van der Waals surface area contributed by atoms with Crippen molar-refractivity contribution in [3.05, 3.63) is 100 Å². The molecule has 1 N–H and O–H groups in total. The Labute approximate surface area is 193 Å². The lowest BCUT2D eigenvalue weighted by molar-refractivity contribution is 0.0696. The van der Waals surface area contributed by atoms with Crippen LogP contribution in [-0.4, -0.2) is 11.1 Å². The van der Waals surface area contributed by atoms with Gasteiger partial charge in [-0.1, -0.05) is 65.3 Å². The number of hydrogen-bond acceptors (Lipinski definition) is 2. The fraction of sp³-hybridized carbons (Fsp3) is 0.345. The maximum absolute atomic E-state index is 11.4. The summed E-state index contributed by atoms with van der Waals surface area (Å²) in [7, 11) is 0. The highest BCUT2D eigenvalue weighted by Gasteiger charge is 2.09. The number of rotatable bonds is 12. The first-order valence-corrected chi connectivity index (χ1v) is 11.3. The first-order valence-electron chi connectivity index (χ1n) is 11.3. The molecule has 2 aromatic carbocycles. The summed E-state index contributed by atoms with van der Waals surface area (Å²) in [5.41, 5.74) is 6.37. The summed E-state index contributed by atoms with van der Waals surface area (Å²) in [5.74, 6) is -0.187. The van der Waals surface area contributed by atoms with Crippen LogP contribution in [0.4, 0.5) is 0 Å². The van der Waals surface area contributed by atoms with Gasteiger partial charge in [0.1, 0.15) is 12.4 Å². The molecular formula is C29H36O3. The van der Waals surface area contributed by atoms with E-state index in [-0.39, 0.29) is 5.56 Å². The molecule has 0 bridgehead atoms. The molecule has 0 unspecified atom stereocenters. The Morgan fingerprint density at radius 3 is 2.19 bits per heavy atom. The van der Waals surface area contributed by atoms with Gasteiger partial charge in [0.15, 0.2) is 0 Å². The summed E-state index contributed by atoms with van der Waals surface area (Å²) in [5, 5.41) is 9.38. The Bertz CT molecular complexity index is 961. The lowest BCUT2D eigenvalue weighted by atomic mass is 10.0. The summed E-state index contributed by atoms with van der Waals surface area (Å²) >= 11 is 0. The third-order valence-corrected chi connectivity index (χ3v) is 5.34. The number of hydrogen-bond donors (Lipinski definition) is 1. The highest BCUT2D eigenvalue weighted by Crippen LogP contribution is 2.24. The van der Waals surface area contributed by atoms with Crippen LogP contribution in [0.15, 0.2) is 83.5 Å². The van der Waals surface area contributed by atoms with Crippen LogP contribution in [0.2, 0.25) is 0 Å². The standard InChI is InChI=1S/C29H36O3/c1-22(2)10-8-11-23(3)12-9-13-24(4)16-17-26-20-27(29(30)31)18-19-28(26)32-21-25-14-6-5-7-15-25/h5-7,10,12,14-16,18-20H,8-9,11,13,17,21H2,1-4H3,(H,30,31)/b23-12+,24-16+. The second-order valence-corrected chi connectivity index (χ2v) is 8.57. The third kappa shape index (κ3) is 9.38. The number of carboxylic acid groups (broad SMARTS) is 1. The first-order chi connectivity index (χ1) is 15.3. The van der Waals surface area contributed by atoms with Crippen molar-refractivity contribution in [1.82, 2.24) is 0 Å². The zero-order chi connectivity index (χ0) is 23.3. The van der Waals surface area contributed by atoms with E-state index in [2.05, 4.69) is 45.9 Å². The molecule has 3 nitrogen and oxygen atoms in total. The topological polar surface area (TPSA) is 46.5 Å². The predicted molar refractivity (Wildman–Crippen MR) is 133 cm³/mol. The minimum atomic E-state index is -0.921. The number of allylic oxidation sites excluding steroid dienone is 6. The summed E-state index contributed by atoms with van der Waals surface area (Å²) in [6, 6.07) is 15.1. The number of benzene rings is 2. The molecule has 0 fully saturated rings. The lowest BCUT2D eigenvalue weighted by Gasteiger charge is -2.12. The van der Waals surface area contributed by atoms with Gasteiger partial charge in [-0.25, -0.2) is 4.79 Å². The van der Waals surface area contributed by atoms with E-state index in [0.29, 0.717) is 13.0 Å². The molecule has 0 aromatic heterocycles. The molecule has 0 saturated heterocycles. The second-order valence-electron chi connectivity index (χ2n) is 8.57. The van der Waals surface area contributed by atoms with Gasteiger partial charge in [0.05, 0.1) is 5.56 Å². The molecular weight excluding hydrogens is 396 g/mol. The molecule has 0 aliphatic rings. The van der Waals surface area contributed by atoms with Crippen molar-refractivity contribution in [1.29, 1.82) is 0 Å². The van der Waals surface area contributed by atoms with Crippen LogP contribution in [0.5, 0.6) is 5.75 Å². The van der Waals surface area contributed by atoms with Gasteiger partial charge in [0.2, 0.25) is 0 Å². The van der Waals surface area contributed by atoms with Crippen LogP contribution in [0.25, 0.3) is 0 Å². The zero-order valence-electron chi connectivity index (χ0n) is 19.9. The van der Waals surface area contributed by atoms with E-state index in [1.807, 2.05) is 30.3 Å². The minimum Gasteiger partial charge on any atom is -0.489 e. The van der Waals surface area contributed by atoms with E-state index in [0.717, 1.165) is 42.6 Å². The van der Waals surface area contributed by atoms with Crippen molar-refractivity contribution in [2.45, 2.75) is 66.4 Å². The summed E-state index contributed by atoms with van der Waals surface area (Å²) in [6.45, 7) is 9.07. The van der Waals surface area contributed by atoms with Crippen molar-refractivity contribution in [3.63, 3.8) is 0 Å². The Kier molecular flexibility index (Phi) is 10.5. The first kappa shape index (κ1) is 25.2. The molecule has 0 atom stereocenters. The molecule has 0 heterocycles. The molecule has 0 saturated carbocycles. The molecule has 0 spiro atoms. The smallest absolute Gasteiger partial charge is 0.335 e. The van der Waals surface area contributed by atoms with E-state index in [1.165, 1.54) is 16.7 Å². The van der Waals surface area contributed by atoms with Gasteiger partial charge in [-0.15, -0.1) is 0 Å². The molecule has 32 heavy (non-hydrogen) atoms. The van der Waals surface area contributed by atoms with Gasteiger partial charge in [-0.2, -0.15) is 0 Å². The Balaban J connectivity index is 1.99. The van der Waals surface area contributed by atoms with E-state index in [9.17, 15) is 9.90 Å². The molecule has 3 heteroatoms. The Morgan fingerprint density at radius 2 is 1.53 bits per heavy atom.